The highest BCUT2D eigenvalue weighted by atomic mass is 16.2. The van der Waals surface area contributed by atoms with Crippen LogP contribution in [-0.4, -0.2) is 15.7 Å². The van der Waals surface area contributed by atoms with Crippen molar-refractivity contribution < 1.29 is 4.79 Å². The smallest absolute Gasteiger partial charge is 0.249 e. The quantitative estimate of drug-likeness (QED) is 0.905. The van der Waals surface area contributed by atoms with Crippen LogP contribution in [0.2, 0.25) is 0 Å². The second kappa shape index (κ2) is 6.77. The van der Waals surface area contributed by atoms with Gasteiger partial charge in [-0.2, -0.15) is 5.10 Å². The molecule has 24 heavy (non-hydrogen) atoms. The van der Waals surface area contributed by atoms with Gasteiger partial charge in [-0.3, -0.25) is 9.48 Å². The molecule has 0 saturated heterocycles. The number of nitrogens with zero attached hydrogens (tertiary/aromatic N) is 2. The van der Waals surface area contributed by atoms with Crippen LogP contribution in [0.15, 0.2) is 36.4 Å². The van der Waals surface area contributed by atoms with Crippen LogP contribution < -0.4 is 11.1 Å². The van der Waals surface area contributed by atoms with Gasteiger partial charge in [-0.25, -0.2) is 0 Å². The lowest BCUT2D eigenvalue weighted by molar-refractivity contribution is -0.120. The highest BCUT2D eigenvalue weighted by Crippen LogP contribution is 2.33. The van der Waals surface area contributed by atoms with E-state index in [9.17, 15) is 4.79 Å². The summed E-state index contributed by atoms with van der Waals surface area (Å²) in [5.41, 5.74) is 7.06. The monoisotopic (exact) mass is 326 g/mol. The fraction of sp³-hybridized carbons (Fsp3) is 0.474. The van der Waals surface area contributed by atoms with Crippen molar-refractivity contribution in [1.29, 1.82) is 0 Å². The zero-order valence-corrected chi connectivity index (χ0v) is 14.5. The molecule has 2 aromatic rings. The minimum Gasteiger partial charge on any atom is -0.314 e. The number of aromatic nitrogens is 2. The zero-order chi connectivity index (χ0) is 17.2. The van der Waals surface area contributed by atoms with Gasteiger partial charge in [-0.15, -0.1) is 0 Å². The van der Waals surface area contributed by atoms with E-state index < -0.39 is 5.54 Å². The maximum atomic E-state index is 12.7. The van der Waals surface area contributed by atoms with Gasteiger partial charge in [0.1, 0.15) is 11.4 Å². The maximum Gasteiger partial charge on any atom is 0.249 e. The van der Waals surface area contributed by atoms with E-state index in [4.69, 9.17) is 5.73 Å². The Hall–Kier alpha value is -2.14. The minimum absolute atomic E-state index is 0.230. The third kappa shape index (κ3) is 3.36. The summed E-state index contributed by atoms with van der Waals surface area (Å²) in [6.07, 6.45) is 6.21. The second-order valence-corrected chi connectivity index (χ2v) is 6.94. The van der Waals surface area contributed by atoms with Crippen molar-refractivity contribution in [2.75, 3.05) is 5.32 Å². The lowest BCUT2D eigenvalue weighted by atomic mass is 9.87. The summed E-state index contributed by atoms with van der Waals surface area (Å²) in [5, 5.41) is 7.55. The van der Waals surface area contributed by atoms with E-state index in [-0.39, 0.29) is 5.91 Å². The molecular weight excluding hydrogens is 300 g/mol. The van der Waals surface area contributed by atoms with Crippen LogP contribution in [0.1, 0.15) is 56.2 Å². The van der Waals surface area contributed by atoms with Crippen molar-refractivity contribution in [2.24, 2.45) is 12.8 Å². The third-order valence-corrected chi connectivity index (χ3v) is 5.01. The van der Waals surface area contributed by atoms with Crippen LogP contribution in [0.4, 0.5) is 5.82 Å². The molecule has 5 nitrogen and oxygen atoms in total. The van der Waals surface area contributed by atoms with Crippen LogP contribution in [0.25, 0.3) is 0 Å². The number of benzene rings is 1. The standard InChI is InChI=1S/C19H26N4O/c1-19(20,15-11-7-4-8-12-15)18(24)21-17-13-16(22-23(17)2)14-9-5-3-6-10-14/h4,7-8,11-14H,3,5-6,9-10,20H2,1-2H3,(H,21,24). The number of rotatable bonds is 4. The molecule has 1 aromatic heterocycles. The number of anilines is 1. The molecule has 1 aliphatic rings. The highest BCUT2D eigenvalue weighted by Gasteiger charge is 2.31. The largest absolute Gasteiger partial charge is 0.314 e. The molecule has 1 heterocycles. The van der Waals surface area contributed by atoms with Gasteiger partial charge in [-0.05, 0) is 25.3 Å². The first kappa shape index (κ1) is 16.7. The predicted molar refractivity (Wildman–Crippen MR) is 95.6 cm³/mol. The summed E-state index contributed by atoms with van der Waals surface area (Å²) < 4.78 is 1.74. The number of nitrogens with one attached hydrogen (secondary N) is 1. The minimum atomic E-state index is -1.09. The van der Waals surface area contributed by atoms with Crippen molar-refractivity contribution in [3.63, 3.8) is 0 Å². The molecule has 3 N–H and O–H groups in total. The van der Waals surface area contributed by atoms with Gasteiger partial charge in [0.05, 0.1) is 5.69 Å². The number of aryl methyl sites for hydroxylation is 1. The van der Waals surface area contributed by atoms with E-state index in [0.29, 0.717) is 11.7 Å². The Labute approximate surface area is 143 Å². The Morgan fingerprint density at radius 3 is 2.58 bits per heavy atom. The number of amides is 1. The number of hydrogen-bond donors (Lipinski definition) is 2. The normalized spacial score (nSPS) is 18.1. The molecule has 1 aromatic carbocycles. The molecular formula is C19H26N4O. The SMILES string of the molecule is Cn1nc(C2CCCCC2)cc1NC(=O)C(C)(N)c1ccccc1. The molecule has 3 rings (SSSR count). The molecule has 5 heteroatoms. The van der Waals surface area contributed by atoms with E-state index in [0.717, 1.165) is 11.3 Å². The number of carbonyl (C=O) groups is 1. The van der Waals surface area contributed by atoms with E-state index in [1.54, 1.807) is 11.6 Å². The summed E-state index contributed by atoms with van der Waals surface area (Å²) in [6.45, 7) is 1.73. The Morgan fingerprint density at radius 1 is 1.25 bits per heavy atom. The average molecular weight is 326 g/mol. The van der Waals surface area contributed by atoms with Crippen molar-refractivity contribution in [3.05, 3.63) is 47.7 Å². The van der Waals surface area contributed by atoms with Crippen LogP contribution in [0.3, 0.4) is 0 Å². The zero-order valence-electron chi connectivity index (χ0n) is 14.5. The van der Waals surface area contributed by atoms with Gasteiger partial charge in [-0.1, -0.05) is 49.6 Å². The van der Waals surface area contributed by atoms with Crippen molar-refractivity contribution in [3.8, 4) is 0 Å². The fourth-order valence-corrected chi connectivity index (χ4v) is 3.37. The van der Waals surface area contributed by atoms with Gasteiger partial charge < -0.3 is 11.1 Å². The molecule has 1 amide bonds. The van der Waals surface area contributed by atoms with E-state index in [1.165, 1.54) is 32.1 Å². The molecule has 0 bridgehead atoms. The third-order valence-electron chi connectivity index (χ3n) is 5.01. The molecule has 1 fully saturated rings. The molecule has 0 aliphatic heterocycles. The van der Waals surface area contributed by atoms with E-state index in [1.807, 2.05) is 43.4 Å². The summed E-state index contributed by atoms with van der Waals surface area (Å²) >= 11 is 0. The number of hydrogen-bond acceptors (Lipinski definition) is 3. The number of nitrogens with two attached hydrogens (primary N) is 1. The molecule has 128 valence electrons. The van der Waals surface area contributed by atoms with Crippen LogP contribution in [0, 0.1) is 0 Å². The average Bonchev–Trinajstić information content (AvgIpc) is 2.97. The van der Waals surface area contributed by atoms with Crippen molar-refractivity contribution >= 4 is 11.7 Å². The molecule has 0 spiro atoms. The maximum absolute atomic E-state index is 12.7. The molecule has 1 saturated carbocycles. The summed E-state index contributed by atoms with van der Waals surface area (Å²) in [4.78, 5) is 12.7. The second-order valence-electron chi connectivity index (χ2n) is 6.94. The molecule has 1 unspecified atom stereocenters. The Morgan fingerprint density at radius 2 is 1.92 bits per heavy atom. The topological polar surface area (TPSA) is 72.9 Å². The first-order chi connectivity index (χ1) is 11.5. The fourth-order valence-electron chi connectivity index (χ4n) is 3.37. The predicted octanol–water partition coefficient (Wildman–Crippen LogP) is 3.28. The van der Waals surface area contributed by atoms with Crippen LogP contribution >= 0.6 is 0 Å². The number of carbonyl (C=O) groups excluding carboxylic acids is 1. The Bertz CT molecular complexity index is 699. The van der Waals surface area contributed by atoms with Gasteiger partial charge in [0.2, 0.25) is 5.91 Å². The summed E-state index contributed by atoms with van der Waals surface area (Å²) in [6, 6.07) is 11.4. The van der Waals surface area contributed by atoms with Gasteiger partial charge in [0.15, 0.2) is 0 Å². The molecule has 1 aliphatic carbocycles. The van der Waals surface area contributed by atoms with E-state index in [2.05, 4.69) is 10.4 Å². The highest BCUT2D eigenvalue weighted by molar-refractivity contribution is 5.97. The first-order valence-corrected chi connectivity index (χ1v) is 8.68. The van der Waals surface area contributed by atoms with Crippen LogP contribution in [-0.2, 0) is 17.4 Å². The molecule has 0 radical (unpaired) electrons. The van der Waals surface area contributed by atoms with E-state index >= 15 is 0 Å². The van der Waals surface area contributed by atoms with Crippen molar-refractivity contribution in [1.82, 2.24) is 9.78 Å². The van der Waals surface area contributed by atoms with Gasteiger partial charge in [0, 0.05) is 19.0 Å². The van der Waals surface area contributed by atoms with Crippen LogP contribution in [0.5, 0.6) is 0 Å². The lowest BCUT2D eigenvalue weighted by Gasteiger charge is -2.24. The first-order valence-electron chi connectivity index (χ1n) is 8.68. The Balaban J connectivity index is 1.76. The summed E-state index contributed by atoms with van der Waals surface area (Å²) in [7, 11) is 1.86. The van der Waals surface area contributed by atoms with Crippen molar-refractivity contribution in [2.45, 2.75) is 50.5 Å². The summed E-state index contributed by atoms with van der Waals surface area (Å²) in [5.74, 6) is 0.981. The molecule has 1 atom stereocenters. The Kier molecular flexibility index (Phi) is 4.71. The van der Waals surface area contributed by atoms with Gasteiger partial charge in [0.25, 0.3) is 0 Å². The lowest BCUT2D eigenvalue weighted by Crippen LogP contribution is -2.45. The van der Waals surface area contributed by atoms with Gasteiger partial charge >= 0.3 is 0 Å².